The van der Waals surface area contributed by atoms with Crippen molar-refractivity contribution in [2.45, 2.75) is 20.3 Å². The van der Waals surface area contributed by atoms with Crippen LogP contribution in [-0.2, 0) is 4.79 Å². The van der Waals surface area contributed by atoms with Gasteiger partial charge in [0, 0.05) is 26.2 Å². The summed E-state index contributed by atoms with van der Waals surface area (Å²) in [7, 11) is 1.63. The SMILES string of the molecule is CCCN(C)C(=O)Nc1ccc(NC(C)=O)cc1C(=O)O. The molecule has 0 bridgehead atoms. The van der Waals surface area contributed by atoms with Crippen LogP contribution in [0.3, 0.4) is 0 Å². The Hall–Kier alpha value is -2.57. The Labute approximate surface area is 122 Å². The molecule has 21 heavy (non-hydrogen) atoms. The van der Waals surface area contributed by atoms with Gasteiger partial charge in [-0.05, 0) is 24.6 Å². The van der Waals surface area contributed by atoms with Crippen LogP contribution in [0.1, 0.15) is 30.6 Å². The number of amides is 3. The fraction of sp³-hybridized carbons (Fsp3) is 0.357. The van der Waals surface area contributed by atoms with Crippen LogP contribution in [0.2, 0.25) is 0 Å². The van der Waals surface area contributed by atoms with E-state index in [1.807, 2.05) is 6.92 Å². The first-order chi connectivity index (χ1) is 9.85. The number of carboxylic acid groups (broad SMARTS) is 1. The van der Waals surface area contributed by atoms with Crippen molar-refractivity contribution in [1.29, 1.82) is 0 Å². The van der Waals surface area contributed by atoms with Gasteiger partial charge in [-0.15, -0.1) is 0 Å². The van der Waals surface area contributed by atoms with E-state index in [0.29, 0.717) is 12.2 Å². The predicted octanol–water partition coefficient (Wildman–Crippen LogP) is 2.22. The number of hydrogen-bond acceptors (Lipinski definition) is 3. The highest BCUT2D eigenvalue weighted by atomic mass is 16.4. The van der Waals surface area contributed by atoms with E-state index in [1.54, 1.807) is 7.05 Å². The molecular weight excluding hydrogens is 274 g/mol. The molecule has 0 atom stereocenters. The van der Waals surface area contributed by atoms with Gasteiger partial charge in [0.1, 0.15) is 0 Å². The summed E-state index contributed by atoms with van der Waals surface area (Å²) in [5.41, 5.74) is 0.462. The van der Waals surface area contributed by atoms with Crippen LogP contribution in [0, 0.1) is 0 Å². The molecule has 3 amide bonds. The van der Waals surface area contributed by atoms with Gasteiger partial charge in [0.05, 0.1) is 11.3 Å². The average molecular weight is 293 g/mol. The molecule has 1 aromatic carbocycles. The molecule has 114 valence electrons. The highest BCUT2D eigenvalue weighted by Gasteiger charge is 2.15. The molecule has 1 aromatic rings. The van der Waals surface area contributed by atoms with E-state index in [2.05, 4.69) is 10.6 Å². The monoisotopic (exact) mass is 293 g/mol. The second kappa shape index (κ2) is 7.28. The van der Waals surface area contributed by atoms with Gasteiger partial charge in [0.2, 0.25) is 5.91 Å². The van der Waals surface area contributed by atoms with E-state index in [-0.39, 0.29) is 23.2 Å². The normalized spacial score (nSPS) is 9.86. The number of carboxylic acids is 1. The minimum absolute atomic E-state index is 0.0838. The third-order valence-corrected chi connectivity index (χ3v) is 2.72. The topological polar surface area (TPSA) is 98.7 Å². The Kier molecular flexibility index (Phi) is 5.71. The van der Waals surface area contributed by atoms with Crippen molar-refractivity contribution in [2.24, 2.45) is 0 Å². The maximum Gasteiger partial charge on any atom is 0.337 e. The fourth-order valence-corrected chi connectivity index (χ4v) is 1.76. The lowest BCUT2D eigenvalue weighted by atomic mass is 10.1. The van der Waals surface area contributed by atoms with Crippen LogP contribution in [0.25, 0.3) is 0 Å². The van der Waals surface area contributed by atoms with E-state index in [9.17, 15) is 19.5 Å². The van der Waals surface area contributed by atoms with Crippen molar-refractivity contribution in [3.63, 3.8) is 0 Å². The summed E-state index contributed by atoms with van der Waals surface area (Å²) in [6.07, 6.45) is 0.803. The standard InChI is InChI=1S/C14H19N3O4/c1-4-7-17(3)14(21)16-12-6-5-10(15-9(2)18)8-11(12)13(19)20/h5-6,8H,4,7H2,1-3H3,(H,15,18)(H,16,21)(H,19,20). The van der Waals surface area contributed by atoms with Crippen molar-refractivity contribution in [3.8, 4) is 0 Å². The summed E-state index contributed by atoms with van der Waals surface area (Å²) >= 11 is 0. The van der Waals surface area contributed by atoms with E-state index in [0.717, 1.165) is 6.42 Å². The molecule has 0 saturated heterocycles. The molecule has 0 unspecified atom stereocenters. The summed E-state index contributed by atoms with van der Waals surface area (Å²) in [5, 5.41) is 14.3. The highest BCUT2D eigenvalue weighted by Crippen LogP contribution is 2.21. The number of hydrogen-bond donors (Lipinski definition) is 3. The van der Waals surface area contributed by atoms with Crippen molar-refractivity contribution < 1.29 is 19.5 Å². The summed E-state index contributed by atoms with van der Waals surface area (Å²) in [4.78, 5) is 35.6. The van der Waals surface area contributed by atoms with Gasteiger partial charge in [-0.3, -0.25) is 4.79 Å². The van der Waals surface area contributed by atoms with Crippen molar-refractivity contribution >= 4 is 29.3 Å². The minimum Gasteiger partial charge on any atom is -0.478 e. The third-order valence-electron chi connectivity index (χ3n) is 2.72. The molecule has 0 aliphatic heterocycles. The summed E-state index contributed by atoms with van der Waals surface area (Å²) in [6.45, 7) is 3.84. The zero-order chi connectivity index (χ0) is 16.0. The highest BCUT2D eigenvalue weighted by molar-refractivity contribution is 6.01. The summed E-state index contributed by atoms with van der Waals surface area (Å²) in [6, 6.07) is 3.90. The van der Waals surface area contributed by atoms with Gasteiger partial charge in [0.25, 0.3) is 0 Å². The predicted molar refractivity (Wildman–Crippen MR) is 79.6 cm³/mol. The van der Waals surface area contributed by atoms with Crippen LogP contribution >= 0.6 is 0 Å². The van der Waals surface area contributed by atoms with Crippen molar-refractivity contribution in [3.05, 3.63) is 23.8 Å². The second-order valence-electron chi connectivity index (χ2n) is 4.60. The number of aromatic carboxylic acids is 1. The van der Waals surface area contributed by atoms with Gasteiger partial charge >= 0.3 is 12.0 Å². The van der Waals surface area contributed by atoms with Crippen molar-refractivity contribution in [1.82, 2.24) is 4.90 Å². The lowest BCUT2D eigenvalue weighted by Crippen LogP contribution is -2.32. The molecular formula is C14H19N3O4. The largest absolute Gasteiger partial charge is 0.478 e. The number of rotatable bonds is 5. The lowest BCUT2D eigenvalue weighted by Gasteiger charge is -2.18. The quantitative estimate of drug-likeness (QED) is 0.775. The first-order valence-electron chi connectivity index (χ1n) is 6.52. The average Bonchev–Trinajstić information content (AvgIpc) is 2.39. The zero-order valence-electron chi connectivity index (χ0n) is 12.3. The third kappa shape index (κ3) is 4.79. The molecule has 0 spiro atoms. The van der Waals surface area contributed by atoms with E-state index < -0.39 is 5.97 Å². The molecule has 0 saturated carbocycles. The number of nitrogens with one attached hydrogen (secondary N) is 2. The van der Waals surface area contributed by atoms with E-state index >= 15 is 0 Å². The number of carbonyl (C=O) groups is 3. The second-order valence-corrected chi connectivity index (χ2v) is 4.60. The molecule has 0 aromatic heterocycles. The summed E-state index contributed by atoms with van der Waals surface area (Å²) in [5.74, 6) is -1.48. The van der Waals surface area contributed by atoms with Gasteiger partial charge in [-0.1, -0.05) is 6.92 Å². The van der Waals surface area contributed by atoms with Gasteiger partial charge in [0.15, 0.2) is 0 Å². The van der Waals surface area contributed by atoms with Gasteiger partial charge < -0.3 is 20.6 Å². The molecule has 0 aliphatic rings. The Morgan fingerprint density at radius 3 is 2.43 bits per heavy atom. The van der Waals surface area contributed by atoms with Crippen LogP contribution in [0.4, 0.5) is 16.2 Å². The maximum atomic E-state index is 11.9. The Balaban J connectivity index is 2.99. The van der Waals surface area contributed by atoms with Crippen LogP contribution in [-0.4, -0.2) is 41.5 Å². The van der Waals surface area contributed by atoms with Gasteiger partial charge in [-0.2, -0.15) is 0 Å². The number of carbonyl (C=O) groups excluding carboxylic acids is 2. The number of urea groups is 1. The lowest BCUT2D eigenvalue weighted by molar-refractivity contribution is -0.114. The maximum absolute atomic E-state index is 11.9. The first-order valence-corrected chi connectivity index (χ1v) is 6.52. The molecule has 7 heteroatoms. The van der Waals surface area contributed by atoms with Crippen LogP contribution in [0.15, 0.2) is 18.2 Å². The number of benzene rings is 1. The first kappa shape index (κ1) is 16.5. The Morgan fingerprint density at radius 2 is 1.90 bits per heavy atom. The molecule has 0 heterocycles. The molecule has 0 fully saturated rings. The van der Waals surface area contributed by atoms with Crippen molar-refractivity contribution in [2.75, 3.05) is 24.2 Å². The number of anilines is 2. The minimum atomic E-state index is -1.18. The molecule has 0 aliphatic carbocycles. The smallest absolute Gasteiger partial charge is 0.337 e. The molecule has 3 N–H and O–H groups in total. The zero-order valence-corrected chi connectivity index (χ0v) is 12.3. The van der Waals surface area contributed by atoms with E-state index in [4.69, 9.17) is 0 Å². The number of nitrogens with zero attached hydrogens (tertiary/aromatic N) is 1. The Bertz CT molecular complexity index is 557. The fourth-order valence-electron chi connectivity index (χ4n) is 1.76. The Morgan fingerprint density at radius 1 is 1.24 bits per heavy atom. The van der Waals surface area contributed by atoms with Crippen LogP contribution in [0.5, 0.6) is 0 Å². The van der Waals surface area contributed by atoms with Crippen LogP contribution < -0.4 is 10.6 Å². The molecule has 1 rings (SSSR count). The molecule has 7 nitrogen and oxygen atoms in total. The molecule has 0 radical (unpaired) electrons. The summed E-state index contributed by atoms with van der Waals surface area (Å²) < 4.78 is 0. The van der Waals surface area contributed by atoms with E-state index in [1.165, 1.54) is 30.0 Å². The van der Waals surface area contributed by atoms with Gasteiger partial charge in [-0.25, -0.2) is 9.59 Å².